The van der Waals surface area contributed by atoms with E-state index in [0.29, 0.717) is 48.7 Å². The van der Waals surface area contributed by atoms with E-state index in [9.17, 15) is 9.90 Å². The number of hydrogen-bond donors (Lipinski definition) is 3. The summed E-state index contributed by atoms with van der Waals surface area (Å²) in [7, 11) is 1.22. The molecular weight excluding hydrogens is 951 g/mol. The molecule has 0 radical (unpaired) electrons. The number of aliphatic hydroxyl groups is 1. The number of cyclic esters (lactones) is 1. The van der Waals surface area contributed by atoms with Gasteiger partial charge in [0, 0.05) is 35.6 Å². The van der Waals surface area contributed by atoms with Gasteiger partial charge in [-0.15, -0.1) is 0 Å². The van der Waals surface area contributed by atoms with Crippen LogP contribution in [0.2, 0.25) is 0 Å². The SMILES string of the molecule is COC(=O)[C@@H](NC(=O)N1C(=O)[C@@]2(c3cc(C#CC4=CCCCC4)ccc31)[C@H](c1ccccc1OCCO)N1[C@H](c3ccccc3)[C@H](c3ccccc3)OC(=O)[C@H]1[C@@H]2C(=O)Nc1ccc(N2CCOCC2)cc1)C(C)C. The number of aliphatic hydroxyl groups excluding tert-OH is 1. The van der Waals surface area contributed by atoms with Crippen molar-refractivity contribution in [2.45, 2.75) is 75.2 Å². The summed E-state index contributed by atoms with van der Waals surface area (Å²) in [6.07, 6.45) is 4.96. The van der Waals surface area contributed by atoms with Crippen LogP contribution < -0.4 is 25.2 Å². The normalized spacial score (nSPS) is 23.5. The lowest BCUT2D eigenvalue weighted by atomic mass is 9.65. The number of hydrogen-bond acceptors (Lipinski definition) is 12. The molecule has 4 aliphatic heterocycles. The third kappa shape index (κ3) is 9.54. The molecule has 3 N–H and O–H groups in total. The number of benzene rings is 5. The number of anilines is 3. The van der Waals surface area contributed by atoms with E-state index in [2.05, 4.69) is 33.5 Å². The highest BCUT2D eigenvalue weighted by atomic mass is 16.6. The minimum Gasteiger partial charge on any atom is -0.491 e. The van der Waals surface area contributed by atoms with E-state index in [1.807, 2.05) is 77.7 Å². The molecule has 0 unspecified atom stereocenters. The Morgan fingerprint density at radius 2 is 1.55 bits per heavy atom. The molecule has 7 atom stereocenters. The summed E-state index contributed by atoms with van der Waals surface area (Å²) in [6.45, 7) is 5.58. The second kappa shape index (κ2) is 22.0. The van der Waals surface area contributed by atoms with Gasteiger partial charge >= 0.3 is 18.0 Å². The molecule has 1 aliphatic carbocycles. The van der Waals surface area contributed by atoms with Crippen LogP contribution >= 0.6 is 0 Å². The highest BCUT2D eigenvalue weighted by Gasteiger charge is 2.76. The zero-order chi connectivity index (χ0) is 52.2. The van der Waals surface area contributed by atoms with E-state index in [1.165, 1.54) is 7.11 Å². The maximum Gasteiger partial charge on any atom is 0.329 e. The molecular formula is C60H61N5O10. The van der Waals surface area contributed by atoms with Crippen LogP contribution in [0.25, 0.3) is 0 Å². The number of methoxy groups -OCH3 is 1. The van der Waals surface area contributed by atoms with Crippen molar-refractivity contribution in [3.63, 3.8) is 0 Å². The van der Waals surface area contributed by atoms with E-state index in [0.717, 1.165) is 47.4 Å². The minimum absolute atomic E-state index is 0.125. The number of para-hydroxylation sites is 1. The van der Waals surface area contributed by atoms with Gasteiger partial charge in [-0.3, -0.25) is 19.3 Å². The van der Waals surface area contributed by atoms with Gasteiger partial charge in [0.25, 0.3) is 0 Å². The van der Waals surface area contributed by atoms with Gasteiger partial charge in [0.05, 0.1) is 50.6 Å². The zero-order valence-electron chi connectivity index (χ0n) is 42.3. The summed E-state index contributed by atoms with van der Waals surface area (Å²) in [4.78, 5) is 82.6. The van der Waals surface area contributed by atoms with Crippen LogP contribution in [-0.4, -0.2) is 98.5 Å². The number of rotatable bonds is 12. The second-order valence-electron chi connectivity index (χ2n) is 19.8. The standard InChI is InChI=1S/C60H61N5O10/c1-38(2)50(56(68)72-3)62-59(71)64-47-30-25-40(24-23-39-15-7-4-8-16-39)37-46(47)60(58(64)70)49(55(67)61-43-26-28-44(29-27-43)63-31-34-73-35-32-63)52-57(69)75-53(42-19-11-6-12-20-42)51(41-17-9-5-10-18-41)65(52)54(60)45-21-13-14-22-48(45)74-36-33-66/h5-6,9-15,17-22,25-30,37-38,49-54,66H,4,7-8,16,31-36H2,1-3H3,(H,61,67)(H,62,71)/t49-,50+,51-,52-,53+,54+,60-/m1/s1. The Labute approximate surface area is 436 Å². The lowest BCUT2D eigenvalue weighted by Crippen LogP contribution is -2.57. The van der Waals surface area contributed by atoms with Crippen LogP contribution in [0.1, 0.15) is 85.5 Å². The van der Waals surface area contributed by atoms with Gasteiger partial charge in [0.1, 0.15) is 36.0 Å². The average Bonchev–Trinajstić information content (AvgIpc) is 3.91. The molecule has 3 saturated heterocycles. The summed E-state index contributed by atoms with van der Waals surface area (Å²) in [6, 6.07) is 32.7. The van der Waals surface area contributed by atoms with Crippen LogP contribution in [-0.2, 0) is 38.8 Å². The summed E-state index contributed by atoms with van der Waals surface area (Å²) >= 11 is 0. The number of allylic oxidation sites excluding steroid dienone is 2. The van der Waals surface area contributed by atoms with Gasteiger partial charge in [-0.2, -0.15) is 0 Å². The molecule has 10 rings (SSSR count). The fraction of sp³-hybridized carbons (Fsp3) is 0.350. The van der Waals surface area contributed by atoms with Gasteiger partial charge in [0.2, 0.25) is 11.8 Å². The number of amides is 4. The van der Waals surface area contributed by atoms with Crippen LogP contribution in [0.15, 0.2) is 139 Å². The number of nitrogens with zero attached hydrogens (tertiary/aromatic N) is 3. The van der Waals surface area contributed by atoms with E-state index < -0.39 is 77.3 Å². The van der Waals surface area contributed by atoms with E-state index in [1.54, 1.807) is 68.4 Å². The quantitative estimate of drug-likeness (QED) is 0.0814. The first-order valence-electron chi connectivity index (χ1n) is 25.8. The number of nitrogens with one attached hydrogen (secondary N) is 2. The van der Waals surface area contributed by atoms with Crippen molar-refractivity contribution in [3.05, 3.63) is 167 Å². The Morgan fingerprint density at radius 3 is 2.23 bits per heavy atom. The third-order valence-corrected chi connectivity index (χ3v) is 15.1. The van der Waals surface area contributed by atoms with Crippen molar-refractivity contribution in [2.75, 3.05) is 61.7 Å². The number of esters is 2. The minimum atomic E-state index is -2.16. The Kier molecular flexibility index (Phi) is 14.9. The Morgan fingerprint density at radius 1 is 0.840 bits per heavy atom. The van der Waals surface area contributed by atoms with Crippen molar-refractivity contribution in [2.24, 2.45) is 11.8 Å². The fourth-order valence-corrected chi connectivity index (χ4v) is 11.7. The molecule has 1 spiro atoms. The van der Waals surface area contributed by atoms with E-state index >= 15 is 19.2 Å². The van der Waals surface area contributed by atoms with Crippen LogP contribution in [0.5, 0.6) is 5.75 Å². The molecule has 75 heavy (non-hydrogen) atoms. The molecule has 0 saturated carbocycles. The molecule has 4 amide bonds. The first-order chi connectivity index (χ1) is 36.5. The molecule has 3 fully saturated rings. The second-order valence-corrected chi connectivity index (χ2v) is 19.8. The monoisotopic (exact) mass is 1010 g/mol. The largest absolute Gasteiger partial charge is 0.491 e. The predicted octanol–water partition coefficient (Wildman–Crippen LogP) is 7.96. The lowest BCUT2D eigenvalue weighted by molar-refractivity contribution is -0.178. The highest BCUT2D eigenvalue weighted by molar-refractivity contribution is 6.25. The zero-order valence-corrected chi connectivity index (χ0v) is 42.3. The number of urea groups is 1. The lowest BCUT2D eigenvalue weighted by Gasteiger charge is -2.46. The molecule has 4 heterocycles. The molecule has 386 valence electrons. The highest BCUT2D eigenvalue weighted by Crippen LogP contribution is 2.66. The molecule has 5 aliphatic rings. The molecule has 0 aromatic heterocycles. The number of carbonyl (C=O) groups is 5. The predicted molar refractivity (Wildman–Crippen MR) is 282 cm³/mol. The third-order valence-electron chi connectivity index (χ3n) is 15.1. The molecule has 0 bridgehead atoms. The Bertz CT molecular complexity index is 3040. The van der Waals surface area contributed by atoms with E-state index in [-0.39, 0.29) is 30.2 Å². The van der Waals surface area contributed by atoms with Gasteiger partial charge in [-0.05, 0) is 102 Å². The summed E-state index contributed by atoms with van der Waals surface area (Å²) in [5.41, 5.74) is 2.83. The van der Waals surface area contributed by atoms with Crippen molar-refractivity contribution in [1.29, 1.82) is 0 Å². The average molecular weight is 1010 g/mol. The van der Waals surface area contributed by atoms with Crippen molar-refractivity contribution in [3.8, 4) is 17.6 Å². The number of ether oxygens (including phenoxy) is 4. The van der Waals surface area contributed by atoms with Crippen molar-refractivity contribution in [1.82, 2.24) is 10.2 Å². The topological polar surface area (TPSA) is 176 Å². The maximum absolute atomic E-state index is 16.9. The van der Waals surface area contributed by atoms with E-state index in [4.69, 9.17) is 18.9 Å². The Hall–Kier alpha value is -7.77. The van der Waals surface area contributed by atoms with Crippen LogP contribution in [0.4, 0.5) is 21.9 Å². The number of carbonyl (C=O) groups excluding carboxylic acids is 5. The van der Waals surface area contributed by atoms with Gasteiger partial charge < -0.3 is 39.6 Å². The number of morpholine rings is 2. The maximum atomic E-state index is 16.9. The first kappa shape index (κ1) is 50.7. The van der Waals surface area contributed by atoms with Gasteiger partial charge in [-0.25, -0.2) is 14.5 Å². The summed E-state index contributed by atoms with van der Waals surface area (Å²) < 4.78 is 23.8. The summed E-state index contributed by atoms with van der Waals surface area (Å²) in [5, 5.41) is 16.1. The van der Waals surface area contributed by atoms with Gasteiger partial charge in [0.15, 0.2) is 0 Å². The van der Waals surface area contributed by atoms with Crippen molar-refractivity contribution < 1.29 is 48.0 Å². The van der Waals surface area contributed by atoms with Gasteiger partial charge in [-0.1, -0.05) is 111 Å². The smallest absolute Gasteiger partial charge is 0.329 e. The Balaban J connectivity index is 1.26. The summed E-state index contributed by atoms with van der Waals surface area (Å²) in [5.74, 6) is 1.87. The van der Waals surface area contributed by atoms with Crippen LogP contribution in [0, 0.1) is 23.7 Å². The molecule has 15 nitrogen and oxygen atoms in total. The molecule has 5 aromatic rings. The number of fused-ring (bicyclic) bond motifs is 3. The van der Waals surface area contributed by atoms with Crippen LogP contribution in [0.3, 0.4) is 0 Å². The van der Waals surface area contributed by atoms with Crippen molar-refractivity contribution >= 4 is 46.8 Å². The molecule has 5 aromatic carbocycles. The molecule has 15 heteroatoms. The number of imide groups is 1. The first-order valence-corrected chi connectivity index (χ1v) is 25.8. The fourth-order valence-electron chi connectivity index (χ4n) is 11.7.